The summed E-state index contributed by atoms with van der Waals surface area (Å²) < 4.78 is 10.7. The number of nitrogens with zero attached hydrogens (tertiary/aromatic N) is 2. The number of carbonyl (C=O) groups is 4. The van der Waals surface area contributed by atoms with Crippen molar-refractivity contribution in [3.63, 3.8) is 0 Å². The number of carbonyl (C=O) groups excluding carboxylic acids is 4. The van der Waals surface area contributed by atoms with Crippen LogP contribution >= 0.6 is 7.92 Å². The number of ketones is 1. The van der Waals surface area contributed by atoms with E-state index in [1.165, 1.54) is 24.3 Å². The molecule has 0 aliphatic rings. The highest BCUT2D eigenvalue weighted by molar-refractivity contribution is 7.57. The minimum Gasteiger partial charge on any atom is -0.461 e. The molecule has 0 spiro atoms. The zero-order valence-corrected chi connectivity index (χ0v) is 31.1. The van der Waals surface area contributed by atoms with Crippen LogP contribution in [0.3, 0.4) is 0 Å². The van der Waals surface area contributed by atoms with Crippen LogP contribution in [0, 0.1) is 22.0 Å². The zero-order chi connectivity index (χ0) is 37.1. The number of non-ortho nitro benzene ring substituents is 1. The summed E-state index contributed by atoms with van der Waals surface area (Å²) >= 11 is 0. The number of amidine groups is 1. The summed E-state index contributed by atoms with van der Waals surface area (Å²) in [6.07, 6.45) is 2.69. The Labute approximate surface area is 291 Å². The number of hydrogen-bond donors (Lipinski definition) is 4. The molecule has 6 N–H and O–H groups in total. The summed E-state index contributed by atoms with van der Waals surface area (Å²) in [7, 11) is -0.244. The minimum atomic E-state index is -0.893. The van der Waals surface area contributed by atoms with E-state index in [9.17, 15) is 29.3 Å². The Balaban J connectivity index is 2.90. The first-order valence-corrected chi connectivity index (χ1v) is 19.2. The number of esters is 1. The number of nitrogens with one attached hydrogen (secondary N) is 2. The molecule has 2 amide bonds. The number of hydrogen-bond acceptors (Lipinski definition) is 10. The molecule has 276 valence electrons. The van der Waals surface area contributed by atoms with Crippen LogP contribution in [0.2, 0.25) is 0 Å². The van der Waals surface area contributed by atoms with Gasteiger partial charge in [-0.25, -0.2) is 4.79 Å². The number of ether oxygens (including phenoxy) is 2. The van der Waals surface area contributed by atoms with Gasteiger partial charge < -0.3 is 31.6 Å². The maximum atomic E-state index is 13.7. The van der Waals surface area contributed by atoms with Crippen molar-refractivity contribution in [1.82, 2.24) is 10.6 Å². The number of nitro benzene ring substituents is 1. The topological polar surface area (TPSA) is 218 Å². The molecule has 0 aliphatic heterocycles. The van der Waals surface area contributed by atoms with Crippen LogP contribution in [0.25, 0.3) is 0 Å². The number of nitrogens with two attached hydrogens (primary N) is 2. The third-order valence-corrected chi connectivity index (χ3v) is 8.12. The van der Waals surface area contributed by atoms with E-state index in [0.717, 1.165) is 6.16 Å². The van der Waals surface area contributed by atoms with Gasteiger partial charge in [-0.1, -0.05) is 13.8 Å². The number of nitro groups is 1. The molecule has 0 radical (unpaired) electrons. The van der Waals surface area contributed by atoms with E-state index in [1.807, 2.05) is 13.8 Å². The second-order valence-corrected chi connectivity index (χ2v) is 16.3. The smallest absolute Gasteiger partial charge is 0.407 e. The Hall–Kier alpha value is -3.64. The van der Waals surface area contributed by atoms with E-state index in [1.54, 1.807) is 20.8 Å². The molecule has 0 aromatic heterocycles. The molecule has 0 bridgehead atoms. The summed E-state index contributed by atoms with van der Waals surface area (Å²) in [4.78, 5) is 66.6. The summed E-state index contributed by atoms with van der Waals surface area (Å²) in [6.45, 7) is 14.1. The first-order valence-electron chi connectivity index (χ1n) is 16.8. The van der Waals surface area contributed by atoms with Crippen molar-refractivity contribution < 1.29 is 33.6 Å². The number of amides is 2. The maximum absolute atomic E-state index is 13.7. The summed E-state index contributed by atoms with van der Waals surface area (Å²) in [5.74, 6) is -1.48. The van der Waals surface area contributed by atoms with Crippen LogP contribution in [-0.4, -0.2) is 84.8 Å². The molecule has 0 heterocycles. The van der Waals surface area contributed by atoms with E-state index >= 15 is 0 Å². The van der Waals surface area contributed by atoms with Crippen LogP contribution < -0.4 is 22.1 Å². The van der Waals surface area contributed by atoms with Gasteiger partial charge in [0.05, 0.1) is 28.8 Å². The van der Waals surface area contributed by atoms with Gasteiger partial charge >= 0.3 is 12.1 Å². The fraction of sp³-hybridized carbons (Fsp3) is 0.676. The molecular formula is C34H57N6O8P. The second kappa shape index (κ2) is 22.2. The molecule has 0 saturated heterocycles. The van der Waals surface area contributed by atoms with Crippen molar-refractivity contribution in [3.8, 4) is 0 Å². The molecule has 15 heteroatoms. The average Bonchev–Trinajstić information content (AvgIpc) is 2.99. The molecule has 0 saturated carbocycles. The monoisotopic (exact) mass is 708 g/mol. The number of unbranched alkanes of at least 4 members (excludes halogenated alkanes) is 1. The van der Waals surface area contributed by atoms with Gasteiger partial charge in [-0.15, -0.1) is 7.92 Å². The Morgan fingerprint density at radius 2 is 1.69 bits per heavy atom. The van der Waals surface area contributed by atoms with Crippen molar-refractivity contribution >= 4 is 43.2 Å². The van der Waals surface area contributed by atoms with E-state index < -0.39 is 46.5 Å². The molecule has 1 rings (SSSR count). The zero-order valence-electron chi connectivity index (χ0n) is 30.2. The predicted octanol–water partition coefficient (Wildman–Crippen LogP) is 4.65. The van der Waals surface area contributed by atoms with Crippen molar-refractivity contribution in [3.05, 3.63) is 39.9 Å². The molecule has 49 heavy (non-hydrogen) atoms. The van der Waals surface area contributed by atoms with Crippen LogP contribution in [0.5, 0.6) is 0 Å². The number of Topliss-reactive ketones (excluding diaryl/α,β-unsaturated/α-hetero) is 1. The predicted molar refractivity (Wildman–Crippen MR) is 193 cm³/mol. The number of rotatable bonds is 22. The van der Waals surface area contributed by atoms with Crippen LogP contribution in [0.1, 0.15) is 85.1 Å². The Morgan fingerprint density at radius 3 is 2.27 bits per heavy atom. The quantitative estimate of drug-likeness (QED) is 0.0249. The van der Waals surface area contributed by atoms with Gasteiger partial charge in [-0.2, -0.15) is 0 Å². The summed E-state index contributed by atoms with van der Waals surface area (Å²) in [5, 5.41) is 16.4. The molecule has 0 aliphatic carbocycles. The molecule has 14 nitrogen and oxygen atoms in total. The highest BCUT2D eigenvalue weighted by atomic mass is 31.1. The van der Waals surface area contributed by atoms with Gasteiger partial charge in [0, 0.05) is 37.8 Å². The Kier molecular flexibility index (Phi) is 19.6. The highest BCUT2D eigenvalue weighted by Crippen LogP contribution is 2.23. The van der Waals surface area contributed by atoms with E-state index in [2.05, 4.69) is 29.0 Å². The Bertz CT molecular complexity index is 1250. The lowest BCUT2D eigenvalue weighted by atomic mass is 9.89. The van der Waals surface area contributed by atoms with Gasteiger partial charge in [-0.05, 0) is 96.2 Å². The fourth-order valence-corrected chi connectivity index (χ4v) is 5.56. The third kappa shape index (κ3) is 19.8. The molecule has 0 fully saturated rings. The number of benzene rings is 1. The van der Waals surface area contributed by atoms with Gasteiger partial charge in [0.1, 0.15) is 12.2 Å². The lowest BCUT2D eigenvalue weighted by Crippen LogP contribution is -2.49. The van der Waals surface area contributed by atoms with Crippen molar-refractivity contribution in [1.29, 1.82) is 0 Å². The van der Waals surface area contributed by atoms with Crippen LogP contribution in [0.15, 0.2) is 29.3 Å². The average molecular weight is 709 g/mol. The van der Waals surface area contributed by atoms with Crippen molar-refractivity contribution in [2.75, 3.05) is 32.6 Å². The van der Waals surface area contributed by atoms with Crippen molar-refractivity contribution in [2.45, 2.75) is 104 Å². The lowest BCUT2D eigenvalue weighted by Gasteiger charge is -2.23. The lowest BCUT2D eigenvalue weighted by molar-refractivity contribution is -0.384. The van der Waals surface area contributed by atoms with Crippen LogP contribution in [-0.2, 0) is 30.5 Å². The standard InChI is InChI=1S/C34H57N6O8P/c1-23(2)19-25(32(43)47-21-24-13-15-26(16-14-24)40(45)46)20-29(41)28(12-10-18-37-30(36)22-49(6)7)39-31(42)27(35)11-8-9-17-38-33(44)48-34(3,4)5/h13-16,23,25,27-28H,8-12,17-22,35H2,1-7H3,(H2,36,37)(H,38,44)(H,39,42)/t25-,27-,28-/m1/s1. The fourth-order valence-electron chi connectivity index (χ4n) is 4.81. The van der Waals surface area contributed by atoms with Gasteiger partial charge in [0.2, 0.25) is 5.91 Å². The van der Waals surface area contributed by atoms with Gasteiger partial charge in [-0.3, -0.25) is 29.5 Å². The normalized spacial score (nSPS) is 13.8. The van der Waals surface area contributed by atoms with E-state index in [-0.39, 0.29) is 44.8 Å². The number of alkyl carbamates (subject to hydrolysis) is 1. The maximum Gasteiger partial charge on any atom is 0.407 e. The van der Waals surface area contributed by atoms with Crippen LogP contribution in [0.4, 0.5) is 10.5 Å². The Morgan fingerprint density at radius 1 is 1.04 bits per heavy atom. The largest absolute Gasteiger partial charge is 0.461 e. The third-order valence-electron chi connectivity index (χ3n) is 7.16. The first kappa shape index (κ1) is 43.4. The summed E-state index contributed by atoms with van der Waals surface area (Å²) in [6, 6.07) is 3.92. The van der Waals surface area contributed by atoms with Gasteiger partial charge in [0.15, 0.2) is 5.78 Å². The second-order valence-electron chi connectivity index (χ2n) is 13.9. The number of aliphatic imine (C=N–C) groups is 1. The SMILES string of the molecule is CC(C)C[C@H](CC(=O)[C@@H](CCCN=C(N)CP(C)C)NC(=O)[C@H](N)CCCCNC(=O)OC(C)(C)C)C(=O)OCc1ccc([N+](=O)[O-])cc1. The van der Waals surface area contributed by atoms with Crippen molar-refractivity contribution in [2.24, 2.45) is 28.3 Å². The minimum absolute atomic E-state index is 0.0736. The van der Waals surface area contributed by atoms with E-state index in [0.29, 0.717) is 56.6 Å². The molecule has 0 unspecified atom stereocenters. The molecule has 3 atom stereocenters. The first-order chi connectivity index (χ1) is 22.9. The van der Waals surface area contributed by atoms with E-state index in [4.69, 9.17) is 20.9 Å². The summed E-state index contributed by atoms with van der Waals surface area (Å²) in [5.41, 5.74) is 12.1. The molecular weight excluding hydrogens is 651 g/mol. The molecule has 1 aromatic carbocycles. The van der Waals surface area contributed by atoms with Gasteiger partial charge in [0.25, 0.3) is 5.69 Å². The highest BCUT2D eigenvalue weighted by Gasteiger charge is 2.30. The molecule has 1 aromatic rings.